The maximum Gasteiger partial charge on any atom is 0.317 e. The zero-order chi connectivity index (χ0) is 15.6. The minimum Gasteiger partial charge on any atom is -0.481 e. The number of nitrogens with zero attached hydrogens (tertiary/aromatic N) is 3. The van der Waals surface area contributed by atoms with Crippen LogP contribution in [0.3, 0.4) is 0 Å². The average Bonchev–Trinajstić information content (AvgIpc) is 2.73. The number of likely N-dealkylation sites (tertiary alicyclic amines) is 1. The van der Waals surface area contributed by atoms with Crippen molar-refractivity contribution in [2.45, 2.75) is 19.9 Å². The highest BCUT2D eigenvalue weighted by Gasteiger charge is 2.31. The Kier molecular flexibility index (Phi) is 4.72. The first kappa shape index (κ1) is 15.6. The van der Waals surface area contributed by atoms with Gasteiger partial charge in [0.2, 0.25) is 0 Å². The maximum absolute atomic E-state index is 12.1. The van der Waals surface area contributed by atoms with Gasteiger partial charge in [-0.2, -0.15) is 5.10 Å². The Morgan fingerprint density at radius 3 is 2.81 bits per heavy atom. The summed E-state index contributed by atoms with van der Waals surface area (Å²) in [6.45, 7) is 2.97. The van der Waals surface area contributed by atoms with Crippen LogP contribution in [0.5, 0.6) is 0 Å². The van der Waals surface area contributed by atoms with Gasteiger partial charge < -0.3 is 15.3 Å². The summed E-state index contributed by atoms with van der Waals surface area (Å²) in [7, 11) is 1.75. The summed E-state index contributed by atoms with van der Waals surface area (Å²) in [5.41, 5.74) is 0.590. The van der Waals surface area contributed by atoms with Crippen molar-refractivity contribution >= 4 is 23.6 Å². The number of hydrogen-bond acceptors (Lipinski definition) is 3. The molecule has 8 heteroatoms. The molecule has 0 aliphatic carbocycles. The molecule has 2 N–H and O–H groups in total. The second-order valence-electron chi connectivity index (χ2n) is 5.54. The second kappa shape index (κ2) is 6.34. The van der Waals surface area contributed by atoms with Crippen LogP contribution in [0.2, 0.25) is 5.02 Å². The van der Waals surface area contributed by atoms with Gasteiger partial charge in [-0.15, -0.1) is 0 Å². The SMILES string of the molecule is CC1CC(C(=O)O)CN(C(=O)NCc2nn(C)cc2Cl)C1. The van der Waals surface area contributed by atoms with Crippen molar-refractivity contribution in [3.63, 3.8) is 0 Å². The highest BCUT2D eigenvalue weighted by Crippen LogP contribution is 2.22. The van der Waals surface area contributed by atoms with Gasteiger partial charge in [0, 0.05) is 26.3 Å². The Bertz CT molecular complexity index is 546. The first-order chi connectivity index (χ1) is 9.86. The molecule has 21 heavy (non-hydrogen) atoms. The quantitative estimate of drug-likeness (QED) is 0.881. The van der Waals surface area contributed by atoms with Gasteiger partial charge in [-0.05, 0) is 12.3 Å². The molecule has 1 aromatic rings. The summed E-state index contributed by atoms with van der Waals surface area (Å²) in [6, 6.07) is -0.283. The number of carbonyl (C=O) groups excluding carboxylic acids is 1. The normalized spacial score (nSPS) is 22.1. The smallest absolute Gasteiger partial charge is 0.317 e. The van der Waals surface area contributed by atoms with Crippen LogP contribution in [0.4, 0.5) is 4.79 Å². The summed E-state index contributed by atoms with van der Waals surface area (Å²) in [4.78, 5) is 24.8. The number of piperidine rings is 1. The van der Waals surface area contributed by atoms with Crippen molar-refractivity contribution in [1.29, 1.82) is 0 Å². The molecule has 1 saturated heterocycles. The third-order valence-corrected chi connectivity index (χ3v) is 3.87. The van der Waals surface area contributed by atoms with Crippen molar-refractivity contribution in [2.75, 3.05) is 13.1 Å². The van der Waals surface area contributed by atoms with Crippen LogP contribution in [0.25, 0.3) is 0 Å². The highest BCUT2D eigenvalue weighted by molar-refractivity contribution is 6.31. The van der Waals surface area contributed by atoms with E-state index in [-0.39, 0.29) is 25.0 Å². The number of carboxylic acid groups (broad SMARTS) is 1. The molecule has 1 aromatic heterocycles. The van der Waals surface area contributed by atoms with E-state index in [2.05, 4.69) is 10.4 Å². The van der Waals surface area contributed by atoms with Gasteiger partial charge in [-0.25, -0.2) is 4.79 Å². The first-order valence-electron chi connectivity index (χ1n) is 6.80. The minimum atomic E-state index is -0.855. The molecule has 0 radical (unpaired) electrons. The second-order valence-corrected chi connectivity index (χ2v) is 5.94. The summed E-state index contributed by atoms with van der Waals surface area (Å²) in [5.74, 6) is -1.19. The molecule has 2 amide bonds. The fourth-order valence-electron chi connectivity index (χ4n) is 2.59. The number of urea groups is 1. The molecule has 0 bridgehead atoms. The molecule has 1 aliphatic heterocycles. The predicted molar refractivity (Wildman–Crippen MR) is 76.9 cm³/mol. The van der Waals surface area contributed by atoms with Gasteiger partial charge in [-0.3, -0.25) is 9.48 Å². The highest BCUT2D eigenvalue weighted by atomic mass is 35.5. The third-order valence-electron chi connectivity index (χ3n) is 3.56. The molecule has 2 heterocycles. The van der Waals surface area contributed by atoms with Crippen LogP contribution in [0.1, 0.15) is 19.0 Å². The summed E-state index contributed by atoms with van der Waals surface area (Å²) >= 11 is 5.98. The number of amides is 2. The van der Waals surface area contributed by atoms with E-state index in [4.69, 9.17) is 16.7 Å². The van der Waals surface area contributed by atoms with Gasteiger partial charge in [0.05, 0.1) is 17.5 Å². The Balaban J connectivity index is 1.93. The van der Waals surface area contributed by atoms with Crippen molar-refractivity contribution in [3.8, 4) is 0 Å². The van der Waals surface area contributed by atoms with Crippen LogP contribution in [0.15, 0.2) is 6.20 Å². The van der Waals surface area contributed by atoms with Gasteiger partial charge in [-0.1, -0.05) is 18.5 Å². The molecule has 2 atom stereocenters. The van der Waals surface area contributed by atoms with E-state index >= 15 is 0 Å². The van der Waals surface area contributed by atoms with Crippen molar-refractivity contribution < 1.29 is 14.7 Å². The molecule has 1 fully saturated rings. The van der Waals surface area contributed by atoms with E-state index in [0.29, 0.717) is 23.7 Å². The number of aromatic nitrogens is 2. The molecule has 1 aliphatic rings. The summed E-state index contributed by atoms with van der Waals surface area (Å²) in [6.07, 6.45) is 2.26. The fraction of sp³-hybridized carbons (Fsp3) is 0.615. The molecule has 0 spiro atoms. The Hall–Kier alpha value is -1.76. The number of halogens is 1. The van der Waals surface area contributed by atoms with E-state index in [1.807, 2.05) is 6.92 Å². The topological polar surface area (TPSA) is 87.5 Å². The van der Waals surface area contributed by atoms with Crippen LogP contribution in [-0.2, 0) is 18.4 Å². The number of aliphatic carboxylic acids is 1. The van der Waals surface area contributed by atoms with E-state index in [1.54, 1.807) is 22.8 Å². The lowest BCUT2D eigenvalue weighted by molar-refractivity contribution is -0.143. The lowest BCUT2D eigenvalue weighted by Gasteiger charge is -2.34. The number of carbonyl (C=O) groups is 2. The number of nitrogens with one attached hydrogen (secondary N) is 1. The molecule has 2 rings (SSSR count). The zero-order valence-electron chi connectivity index (χ0n) is 12.0. The lowest BCUT2D eigenvalue weighted by Crippen LogP contribution is -2.49. The van der Waals surface area contributed by atoms with Crippen LogP contribution in [0, 0.1) is 11.8 Å². The van der Waals surface area contributed by atoms with Crippen molar-refractivity contribution in [3.05, 3.63) is 16.9 Å². The van der Waals surface area contributed by atoms with E-state index in [9.17, 15) is 9.59 Å². The number of carboxylic acids is 1. The molecular weight excluding hydrogens is 296 g/mol. The fourth-order valence-corrected chi connectivity index (χ4v) is 2.84. The Morgan fingerprint density at radius 1 is 1.52 bits per heavy atom. The molecule has 0 aromatic carbocycles. The van der Waals surface area contributed by atoms with Gasteiger partial charge in [0.15, 0.2) is 0 Å². The molecular formula is C13H19ClN4O3. The number of rotatable bonds is 3. The standard InChI is InChI=1S/C13H19ClN4O3/c1-8-3-9(12(19)20)6-18(5-8)13(21)15-4-11-10(14)7-17(2)16-11/h7-9H,3-6H2,1-2H3,(H,15,21)(H,19,20). The van der Waals surface area contributed by atoms with E-state index < -0.39 is 11.9 Å². The first-order valence-corrected chi connectivity index (χ1v) is 7.18. The van der Waals surface area contributed by atoms with Crippen LogP contribution in [-0.4, -0.2) is 44.9 Å². The third kappa shape index (κ3) is 3.87. The van der Waals surface area contributed by atoms with E-state index in [0.717, 1.165) is 0 Å². The maximum atomic E-state index is 12.1. The molecule has 116 valence electrons. The lowest BCUT2D eigenvalue weighted by atomic mass is 9.91. The largest absolute Gasteiger partial charge is 0.481 e. The molecule has 0 saturated carbocycles. The number of hydrogen-bond donors (Lipinski definition) is 2. The molecule has 7 nitrogen and oxygen atoms in total. The van der Waals surface area contributed by atoms with E-state index in [1.165, 1.54) is 0 Å². The summed E-state index contributed by atoms with van der Waals surface area (Å²) in [5, 5.41) is 16.5. The average molecular weight is 315 g/mol. The molecule has 2 unspecified atom stereocenters. The van der Waals surface area contributed by atoms with Gasteiger partial charge in [0.1, 0.15) is 5.69 Å². The zero-order valence-corrected chi connectivity index (χ0v) is 12.8. The number of aryl methyl sites for hydroxylation is 1. The van der Waals surface area contributed by atoms with Crippen molar-refractivity contribution in [2.24, 2.45) is 18.9 Å². The predicted octanol–water partition coefficient (Wildman–Crippen LogP) is 1.33. The van der Waals surface area contributed by atoms with Gasteiger partial charge in [0.25, 0.3) is 0 Å². The van der Waals surface area contributed by atoms with Gasteiger partial charge >= 0.3 is 12.0 Å². The monoisotopic (exact) mass is 314 g/mol. The van der Waals surface area contributed by atoms with Crippen molar-refractivity contribution in [1.82, 2.24) is 20.0 Å². The Labute approximate surface area is 127 Å². The van der Waals surface area contributed by atoms with Crippen LogP contribution >= 0.6 is 11.6 Å². The van der Waals surface area contributed by atoms with Crippen LogP contribution < -0.4 is 5.32 Å². The summed E-state index contributed by atoms with van der Waals surface area (Å²) < 4.78 is 1.58. The minimum absolute atomic E-state index is 0.170. The Morgan fingerprint density at radius 2 is 2.24 bits per heavy atom.